The molecule has 10 aromatic carbocycles. The topological polar surface area (TPSA) is 38.9 Å². The first kappa shape index (κ1) is 34.9. The fraction of sp³-hybridized carbons (Fsp3) is 0. The van der Waals surface area contributed by atoms with Crippen molar-refractivity contribution in [3.8, 4) is 67.3 Å². The van der Waals surface area contributed by atoms with E-state index < -0.39 is 0 Å². The Labute approximate surface area is 352 Å². The second-order valence-electron chi connectivity index (χ2n) is 15.7. The van der Waals surface area contributed by atoms with Crippen LogP contribution in [0.2, 0.25) is 0 Å². The van der Waals surface area contributed by atoms with E-state index in [0.717, 1.165) is 61.1 Å². The molecule has 0 fully saturated rings. The first-order chi connectivity index (χ1) is 30.2. The lowest BCUT2D eigenvalue weighted by Gasteiger charge is -2.14. The van der Waals surface area contributed by atoms with Crippen LogP contribution in [0.1, 0.15) is 0 Å². The van der Waals surface area contributed by atoms with Crippen LogP contribution in [0.5, 0.6) is 0 Å². The minimum absolute atomic E-state index is 0.692. The van der Waals surface area contributed by atoms with E-state index in [2.05, 4.69) is 176 Å². The summed E-state index contributed by atoms with van der Waals surface area (Å²) in [5, 5.41) is 9.80. The van der Waals surface area contributed by atoms with Gasteiger partial charge >= 0.3 is 0 Å². The van der Waals surface area contributed by atoms with E-state index in [1.807, 2.05) is 42.5 Å². The molecule has 0 saturated carbocycles. The molecule has 0 aliphatic heterocycles. The Hall–Kier alpha value is -8.14. The zero-order valence-electron chi connectivity index (χ0n) is 33.1. The molecule has 0 amide bonds. The van der Waals surface area contributed by atoms with E-state index >= 15 is 0 Å². The van der Waals surface area contributed by atoms with Gasteiger partial charge in [0.15, 0.2) is 5.82 Å². The maximum absolute atomic E-state index is 6.13. The third-order valence-electron chi connectivity index (χ3n) is 12.1. The van der Waals surface area contributed by atoms with Crippen LogP contribution in [0.4, 0.5) is 0 Å². The summed E-state index contributed by atoms with van der Waals surface area (Å²) in [5.41, 5.74) is 13.7. The SMILES string of the molecule is c1ccc(-c2nc(-c3ccc(-c4ccc(-c5ccc(-c6c7ccccc7cc7c6ccc6ccccc67)cc5)cc4)cc3)cc(-c3ccc4oc5ccccc5c4c3)n2)cc1. The van der Waals surface area contributed by atoms with Crippen molar-refractivity contribution < 1.29 is 4.42 Å². The van der Waals surface area contributed by atoms with Gasteiger partial charge in [-0.15, -0.1) is 0 Å². The first-order valence-corrected chi connectivity index (χ1v) is 20.7. The predicted octanol–water partition coefficient (Wildman–Crippen LogP) is 15.8. The molecule has 12 rings (SSSR count). The Balaban J connectivity index is 0.850. The van der Waals surface area contributed by atoms with Gasteiger partial charge in [-0.25, -0.2) is 9.97 Å². The molecule has 0 spiro atoms. The van der Waals surface area contributed by atoms with Crippen LogP contribution in [0.3, 0.4) is 0 Å². The average molecular weight is 777 g/mol. The smallest absolute Gasteiger partial charge is 0.160 e. The van der Waals surface area contributed by atoms with Gasteiger partial charge in [-0.05, 0) is 102 Å². The Kier molecular flexibility index (Phi) is 8.17. The number of para-hydroxylation sites is 1. The van der Waals surface area contributed by atoms with E-state index in [1.54, 1.807) is 0 Å². The maximum Gasteiger partial charge on any atom is 0.160 e. The second-order valence-corrected chi connectivity index (χ2v) is 15.7. The van der Waals surface area contributed by atoms with Crippen LogP contribution < -0.4 is 0 Å². The van der Waals surface area contributed by atoms with Gasteiger partial charge in [0.05, 0.1) is 11.4 Å². The van der Waals surface area contributed by atoms with Crippen molar-refractivity contribution in [1.29, 1.82) is 0 Å². The number of furan rings is 1. The number of aromatic nitrogens is 2. The van der Waals surface area contributed by atoms with Gasteiger partial charge in [-0.2, -0.15) is 0 Å². The summed E-state index contributed by atoms with van der Waals surface area (Å²) in [7, 11) is 0. The molecule has 0 aliphatic carbocycles. The average Bonchev–Trinajstić information content (AvgIpc) is 3.72. The summed E-state index contributed by atoms with van der Waals surface area (Å²) in [6, 6.07) is 77.7. The molecule has 0 radical (unpaired) electrons. The van der Waals surface area contributed by atoms with Crippen LogP contribution in [-0.2, 0) is 0 Å². The number of nitrogens with zero attached hydrogens (tertiary/aromatic N) is 2. The van der Waals surface area contributed by atoms with Gasteiger partial charge in [0.2, 0.25) is 0 Å². The molecule has 61 heavy (non-hydrogen) atoms. The Morgan fingerprint density at radius 2 is 0.787 bits per heavy atom. The van der Waals surface area contributed by atoms with E-state index in [4.69, 9.17) is 14.4 Å². The zero-order chi connectivity index (χ0) is 40.3. The van der Waals surface area contributed by atoms with E-state index in [9.17, 15) is 0 Å². The molecule has 0 unspecified atom stereocenters. The first-order valence-electron chi connectivity index (χ1n) is 20.7. The number of rotatable bonds is 6. The lowest BCUT2D eigenvalue weighted by molar-refractivity contribution is 0.669. The third kappa shape index (κ3) is 6.14. The lowest BCUT2D eigenvalue weighted by atomic mass is 9.89. The van der Waals surface area contributed by atoms with E-state index in [0.29, 0.717) is 5.82 Å². The number of fused-ring (bicyclic) bond motifs is 7. The largest absolute Gasteiger partial charge is 0.456 e. The highest BCUT2D eigenvalue weighted by molar-refractivity contribution is 6.20. The molecular weight excluding hydrogens is 741 g/mol. The van der Waals surface area contributed by atoms with Gasteiger partial charge in [-0.1, -0.05) is 182 Å². The van der Waals surface area contributed by atoms with Gasteiger partial charge in [0.1, 0.15) is 11.2 Å². The molecule has 0 saturated heterocycles. The van der Waals surface area contributed by atoms with Crippen LogP contribution in [0.15, 0.2) is 223 Å². The Bertz CT molecular complexity index is 3610. The highest BCUT2D eigenvalue weighted by Crippen LogP contribution is 2.40. The molecule has 2 heterocycles. The van der Waals surface area contributed by atoms with Gasteiger partial charge in [0.25, 0.3) is 0 Å². The summed E-state index contributed by atoms with van der Waals surface area (Å²) >= 11 is 0. The fourth-order valence-corrected chi connectivity index (χ4v) is 8.99. The van der Waals surface area contributed by atoms with Gasteiger partial charge in [0, 0.05) is 27.5 Å². The molecule has 12 aromatic rings. The minimum Gasteiger partial charge on any atom is -0.456 e. The van der Waals surface area contributed by atoms with Crippen molar-refractivity contribution in [3.05, 3.63) is 218 Å². The Morgan fingerprint density at radius 1 is 0.262 bits per heavy atom. The second kappa shape index (κ2) is 14.3. The predicted molar refractivity (Wildman–Crippen MR) is 254 cm³/mol. The number of hydrogen-bond acceptors (Lipinski definition) is 3. The summed E-state index contributed by atoms with van der Waals surface area (Å²) in [6.07, 6.45) is 0. The number of benzene rings is 10. The Morgan fingerprint density at radius 3 is 1.49 bits per heavy atom. The van der Waals surface area contributed by atoms with Crippen molar-refractivity contribution in [2.45, 2.75) is 0 Å². The maximum atomic E-state index is 6.13. The molecule has 0 aliphatic rings. The van der Waals surface area contributed by atoms with E-state index in [-0.39, 0.29) is 0 Å². The summed E-state index contributed by atoms with van der Waals surface area (Å²) in [6.45, 7) is 0. The zero-order valence-corrected chi connectivity index (χ0v) is 33.1. The van der Waals surface area contributed by atoms with Gasteiger partial charge in [-0.3, -0.25) is 0 Å². The van der Waals surface area contributed by atoms with Crippen molar-refractivity contribution in [1.82, 2.24) is 9.97 Å². The van der Waals surface area contributed by atoms with E-state index in [1.165, 1.54) is 54.6 Å². The van der Waals surface area contributed by atoms with Crippen LogP contribution in [0, 0.1) is 0 Å². The van der Waals surface area contributed by atoms with Crippen molar-refractivity contribution >= 4 is 54.3 Å². The molecule has 3 heteroatoms. The molecule has 0 N–H and O–H groups in total. The van der Waals surface area contributed by atoms with Crippen molar-refractivity contribution in [2.24, 2.45) is 0 Å². The van der Waals surface area contributed by atoms with Crippen LogP contribution >= 0.6 is 0 Å². The summed E-state index contributed by atoms with van der Waals surface area (Å²) in [5.74, 6) is 0.692. The quantitative estimate of drug-likeness (QED) is 0.125. The molecular formula is C58H36N2O. The standard InChI is InChI=1S/C58H36N2O/c1-2-11-44(12-3-1)58-59-53(36-54(60-58)46-31-33-56-52(35-46)49-16-8-9-17-55(49)61-56)42-26-22-39(23-27-42)37-18-20-38(21-19-37)40-24-28-43(29-25-40)57-48-15-7-5-13-45(48)34-51-47-14-6-4-10-41(47)30-32-50(51)57/h1-36H. The normalized spacial score (nSPS) is 11.6. The monoisotopic (exact) mass is 776 g/mol. The molecule has 0 atom stereocenters. The number of hydrogen-bond donors (Lipinski definition) is 0. The third-order valence-corrected chi connectivity index (χ3v) is 12.1. The lowest BCUT2D eigenvalue weighted by Crippen LogP contribution is -1.96. The summed E-state index contributed by atoms with van der Waals surface area (Å²) in [4.78, 5) is 10.2. The van der Waals surface area contributed by atoms with Crippen LogP contribution in [0.25, 0.3) is 122 Å². The molecule has 0 bridgehead atoms. The molecule has 284 valence electrons. The fourth-order valence-electron chi connectivity index (χ4n) is 8.99. The highest BCUT2D eigenvalue weighted by atomic mass is 16.3. The van der Waals surface area contributed by atoms with Crippen molar-refractivity contribution in [3.63, 3.8) is 0 Å². The molecule has 3 nitrogen and oxygen atoms in total. The summed E-state index contributed by atoms with van der Waals surface area (Å²) < 4.78 is 6.13. The molecule has 2 aromatic heterocycles. The van der Waals surface area contributed by atoms with Crippen molar-refractivity contribution in [2.75, 3.05) is 0 Å². The van der Waals surface area contributed by atoms with Gasteiger partial charge < -0.3 is 4.42 Å². The minimum atomic E-state index is 0.692. The van der Waals surface area contributed by atoms with Crippen LogP contribution in [-0.4, -0.2) is 9.97 Å². The highest BCUT2D eigenvalue weighted by Gasteiger charge is 2.15.